The summed E-state index contributed by atoms with van der Waals surface area (Å²) in [6, 6.07) is 55.9. The second-order valence-corrected chi connectivity index (χ2v) is 15.7. The Balaban J connectivity index is 0.000000182. The zero-order valence-electron chi connectivity index (χ0n) is 34.6. The van der Waals surface area contributed by atoms with Gasteiger partial charge in [0.1, 0.15) is 0 Å². The number of aromatic nitrogens is 4. The number of rotatable bonds is 16. The van der Waals surface area contributed by atoms with Crippen LogP contribution in [0.25, 0.3) is 33.9 Å². The molecule has 12 nitrogen and oxygen atoms in total. The van der Waals surface area contributed by atoms with Crippen molar-refractivity contribution in [3.05, 3.63) is 203 Å². The van der Waals surface area contributed by atoms with Gasteiger partial charge in [-0.05, 0) is 85.6 Å². The molecular formula is C48H47ClN6O6S2. The summed E-state index contributed by atoms with van der Waals surface area (Å²) in [5.74, 6) is 10.1. The van der Waals surface area contributed by atoms with E-state index in [0.29, 0.717) is 19.1 Å². The van der Waals surface area contributed by atoms with Crippen molar-refractivity contribution < 1.29 is 28.5 Å². The van der Waals surface area contributed by atoms with Crippen LogP contribution in [0.15, 0.2) is 180 Å². The standard InChI is InChI=1S/C24H23N3O3S.C17H16ClN3O2S.C7H8O/c1-18-7-9-20(10-8-18)24-15-21(17-28-16-19-5-3-2-4-6-19)26-27(24)22-11-13-23(14-12-22)31-30-29-25;1-12-2-4-13(5-3-12)17-10-14(11-18)20-21(17)15-6-8-16(9-7-15)24-23-22-19;8-6-7-4-2-1-3-5-7/h2-15H,16-17,25H2,1H3;2-10H,11,19H2,1H3;1-5,8H,6H2. The normalized spacial score (nSPS) is 10.8. The van der Waals surface area contributed by atoms with Gasteiger partial charge >= 0.3 is 0 Å². The van der Waals surface area contributed by atoms with Gasteiger partial charge in [0.05, 0.1) is 83.9 Å². The number of halogens is 1. The van der Waals surface area contributed by atoms with Crippen LogP contribution >= 0.6 is 35.7 Å². The van der Waals surface area contributed by atoms with E-state index in [-0.39, 0.29) is 6.61 Å². The summed E-state index contributed by atoms with van der Waals surface area (Å²) in [5.41, 5.74) is 12.3. The number of aliphatic hydroxyl groups is 1. The molecule has 2 heterocycles. The fraction of sp³-hybridized carbons (Fsp3) is 0.125. The Morgan fingerprint density at radius 1 is 0.540 bits per heavy atom. The lowest BCUT2D eigenvalue weighted by Crippen LogP contribution is -2.01. The van der Waals surface area contributed by atoms with Crippen molar-refractivity contribution in [1.82, 2.24) is 19.6 Å². The minimum atomic E-state index is 0.140. The van der Waals surface area contributed by atoms with Gasteiger partial charge in [0.25, 0.3) is 0 Å². The predicted octanol–water partition coefficient (Wildman–Crippen LogP) is 11.0. The minimum absolute atomic E-state index is 0.140. The number of aryl methyl sites for hydroxylation is 2. The molecule has 0 aliphatic carbocycles. The highest BCUT2D eigenvalue weighted by Crippen LogP contribution is 2.29. The quantitative estimate of drug-likeness (QED) is 0.0366. The first-order chi connectivity index (χ1) is 30.9. The Labute approximate surface area is 380 Å². The number of hydrogen-bond acceptors (Lipinski definition) is 12. The molecule has 0 aliphatic heterocycles. The van der Waals surface area contributed by atoms with Crippen molar-refractivity contribution in [2.45, 2.75) is 49.3 Å². The van der Waals surface area contributed by atoms with Gasteiger partial charge in [0, 0.05) is 20.9 Å². The van der Waals surface area contributed by atoms with E-state index in [1.807, 2.05) is 112 Å². The lowest BCUT2D eigenvalue weighted by molar-refractivity contribution is -0.195. The van der Waals surface area contributed by atoms with E-state index in [4.69, 9.17) is 42.7 Å². The highest BCUT2D eigenvalue weighted by molar-refractivity contribution is 7.94. The maximum atomic E-state index is 8.54. The third kappa shape index (κ3) is 14.2. The van der Waals surface area contributed by atoms with Crippen molar-refractivity contribution in [3.8, 4) is 33.9 Å². The zero-order valence-corrected chi connectivity index (χ0v) is 37.0. The van der Waals surface area contributed by atoms with E-state index in [9.17, 15) is 0 Å². The maximum absolute atomic E-state index is 8.54. The summed E-state index contributed by atoms with van der Waals surface area (Å²) >= 11 is 8.06. The Kier molecular flexibility index (Phi) is 18.5. The number of alkyl halides is 1. The smallest absolute Gasteiger partial charge is 0.0911 e. The second kappa shape index (κ2) is 24.9. The first-order valence-corrected chi connectivity index (χ1v) is 21.6. The molecule has 0 saturated heterocycles. The van der Waals surface area contributed by atoms with Gasteiger partial charge in [0.2, 0.25) is 0 Å². The Morgan fingerprint density at radius 2 is 0.968 bits per heavy atom. The summed E-state index contributed by atoms with van der Waals surface area (Å²) in [5, 5.41) is 17.9. The van der Waals surface area contributed by atoms with Crippen molar-refractivity contribution in [1.29, 1.82) is 0 Å². The molecule has 0 fully saturated rings. The van der Waals surface area contributed by atoms with Crippen LogP contribution in [0.1, 0.15) is 33.6 Å². The molecule has 0 unspecified atom stereocenters. The van der Waals surface area contributed by atoms with Gasteiger partial charge in [-0.1, -0.05) is 120 Å². The molecule has 0 saturated carbocycles. The number of ether oxygens (including phenoxy) is 1. The van der Waals surface area contributed by atoms with Crippen molar-refractivity contribution in [3.63, 3.8) is 0 Å². The molecule has 15 heteroatoms. The maximum Gasteiger partial charge on any atom is 0.0911 e. The number of hydrogen-bond donors (Lipinski definition) is 3. The molecule has 324 valence electrons. The summed E-state index contributed by atoms with van der Waals surface area (Å²) in [7, 11) is 0. The number of nitrogens with zero attached hydrogens (tertiary/aromatic N) is 4. The third-order valence-corrected chi connectivity index (χ3v) is 10.7. The van der Waals surface area contributed by atoms with Gasteiger partial charge in [-0.2, -0.15) is 22.0 Å². The highest BCUT2D eigenvalue weighted by Gasteiger charge is 2.14. The first kappa shape index (κ1) is 46.9. The average molecular weight is 904 g/mol. The van der Waals surface area contributed by atoms with Gasteiger partial charge in [-0.3, -0.25) is 0 Å². The molecule has 63 heavy (non-hydrogen) atoms. The summed E-state index contributed by atoms with van der Waals surface area (Å²) in [6.07, 6.45) is 0. The predicted molar refractivity (Wildman–Crippen MR) is 249 cm³/mol. The molecule has 0 amide bonds. The zero-order chi connectivity index (χ0) is 44.2. The van der Waals surface area contributed by atoms with Crippen LogP contribution in [0.5, 0.6) is 0 Å². The molecule has 2 aromatic heterocycles. The summed E-state index contributed by atoms with van der Waals surface area (Å²) < 4.78 is 19.1. The van der Waals surface area contributed by atoms with Crippen LogP contribution in [0.3, 0.4) is 0 Å². The molecule has 0 bridgehead atoms. The van der Waals surface area contributed by atoms with E-state index in [1.54, 1.807) is 0 Å². The van der Waals surface area contributed by atoms with Crippen molar-refractivity contribution in [2.75, 3.05) is 0 Å². The lowest BCUT2D eigenvalue weighted by Gasteiger charge is -2.09. The molecule has 0 atom stereocenters. The lowest BCUT2D eigenvalue weighted by atomic mass is 10.1. The Bertz CT molecular complexity index is 2550. The molecule has 0 radical (unpaired) electrons. The summed E-state index contributed by atoms with van der Waals surface area (Å²) in [4.78, 5) is 9.98. The molecule has 5 N–H and O–H groups in total. The fourth-order valence-corrected chi connectivity index (χ4v) is 6.95. The summed E-state index contributed by atoms with van der Waals surface area (Å²) in [6.45, 7) is 5.25. The highest BCUT2D eigenvalue weighted by atomic mass is 35.5. The molecule has 0 aliphatic rings. The topological polar surface area (TPSA) is 154 Å². The molecule has 8 rings (SSSR count). The van der Waals surface area contributed by atoms with Crippen LogP contribution < -0.4 is 11.8 Å². The molecule has 0 spiro atoms. The van der Waals surface area contributed by atoms with Crippen LogP contribution in [0, 0.1) is 13.8 Å². The number of benzene rings is 6. The van der Waals surface area contributed by atoms with Crippen molar-refractivity contribution in [2.24, 2.45) is 11.8 Å². The minimum Gasteiger partial charge on any atom is -0.392 e. The SMILES string of the molecule is Cc1ccc(-c2cc(CCl)nn2-c2ccc(SOON)cc2)cc1.Cc1ccc(-c2cc(COCc3ccccc3)nn2-c2ccc(SOON)cc2)cc1.OCc1ccccc1. The second-order valence-electron chi connectivity index (χ2n) is 13.8. The van der Waals surface area contributed by atoms with E-state index in [1.165, 1.54) is 11.1 Å². The van der Waals surface area contributed by atoms with Gasteiger partial charge in [-0.15, -0.1) is 30.2 Å². The van der Waals surface area contributed by atoms with Gasteiger partial charge in [-0.25, -0.2) is 9.36 Å². The molecule has 6 aromatic carbocycles. The number of nitrogens with two attached hydrogens (primary N) is 2. The largest absolute Gasteiger partial charge is 0.392 e. The van der Waals surface area contributed by atoms with Gasteiger partial charge in [0.15, 0.2) is 0 Å². The molecular weight excluding hydrogens is 856 g/mol. The fourth-order valence-electron chi connectivity index (χ4n) is 6.08. The van der Waals surface area contributed by atoms with E-state index < -0.39 is 0 Å². The van der Waals surface area contributed by atoms with Crippen molar-refractivity contribution >= 4 is 35.7 Å². The first-order valence-electron chi connectivity index (χ1n) is 19.6. The van der Waals surface area contributed by atoms with Crippen LogP contribution in [-0.4, -0.2) is 24.7 Å². The monoisotopic (exact) mass is 902 g/mol. The Hall–Kier alpha value is -5.59. The van der Waals surface area contributed by atoms with Crippen LogP contribution in [0.4, 0.5) is 0 Å². The van der Waals surface area contributed by atoms with Crippen LogP contribution in [-0.2, 0) is 49.1 Å². The number of aliphatic hydroxyl groups excluding tert-OH is 1. The Morgan fingerprint density at radius 3 is 1.38 bits per heavy atom. The van der Waals surface area contributed by atoms with Crippen LogP contribution in [0.2, 0.25) is 0 Å². The van der Waals surface area contributed by atoms with Gasteiger partial charge < -0.3 is 9.84 Å². The third-order valence-electron chi connectivity index (χ3n) is 9.24. The average Bonchev–Trinajstić information content (AvgIpc) is 3.97. The molecule has 8 aromatic rings. The van der Waals surface area contributed by atoms with E-state index >= 15 is 0 Å². The van der Waals surface area contributed by atoms with E-state index in [0.717, 1.165) is 90.3 Å². The van der Waals surface area contributed by atoms with E-state index in [2.05, 4.69) is 100.0 Å².